The Bertz CT molecular complexity index is 531. The van der Waals surface area contributed by atoms with Crippen molar-refractivity contribution in [3.8, 4) is 0 Å². The molecule has 2 heteroatoms. The van der Waals surface area contributed by atoms with E-state index in [1.54, 1.807) is 0 Å². The van der Waals surface area contributed by atoms with Gasteiger partial charge in [-0.25, -0.2) is 0 Å². The zero-order chi connectivity index (χ0) is 13.7. The van der Waals surface area contributed by atoms with Crippen molar-refractivity contribution in [1.29, 1.82) is 0 Å². The molecular formula is C16H16Br2. The monoisotopic (exact) mass is 366 g/mol. The molecule has 0 N–H and O–H groups in total. The first kappa shape index (κ1) is 15.2. The van der Waals surface area contributed by atoms with Gasteiger partial charge in [0.15, 0.2) is 0 Å². The summed E-state index contributed by atoms with van der Waals surface area (Å²) in [5, 5.41) is 2.35. The minimum Gasteiger partial charge on any atom is -0.0984 e. The zero-order valence-corrected chi connectivity index (χ0v) is 13.8. The van der Waals surface area contributed by atoms with E-state index in [1.807, 2.05) is 38.1 Å². The van der Waals surface area contributed by atoms with Crippen molar-refractivity contribution in [2.75, 3.05) is 0 Å². The fourth-order valence-electron chi connectivity index (χ4n) is 1.79. The summed E-state index contributed by atoms with van der Waals surface area (Å²) in [6, 6.07) is 8.23. The van der Waals surface area contributed by atoms with Crippen LogP contribution in [0.5, 0.6) is 0 Å². The van der Waals surface area contributed by atoms with Gasteiger partial charge in [0.2, 0.25) is 0 Å². The summed E-state index contributed by atoms with van der Waals surface area (Å²) in [6.07, 6.45) is 3.69. The molecule has 2 aromatic rings. The highest BCUT2D eigenvalue weighted by Gasteiger charge is 2.11. The van der Waals surface area contributed by atoms with Crippen molar-refractivity contribution in [3.05, 3.63) is 57.5 Å². The van der Waals surface area contributed by atoms with Crippen LogP contribution in [0, 0.1) is 0 Å². The average Bonchev–Trinajstić information content (AvgIpc) is 2.44. The van der Waals surface area contributed by atoms with Gasteiger partial charge in [-0.1, -0.05) is 63.4 Å². The standard InChI is InChI=1S/C14H10Br2.C2H6/c1-3-9-10(4-2)14(16)12-8-6-5-7-11(12)13(9)15;1-2/h3-8H,1-2H2;1-2H3. The lowest BCUT2D eigenvalue weighted by atomic mass is 10.0. The maximum Gasteiger partial charge on any atom is 0.0332 e. The van der Waals surface area contributed by atoms with Crippen LogP contribution >= 0.6 is 31.9 Å². The Morgan fingerprint density at radius 1 is 0.833 bits per heavy atom. The third kappa shape index (κ3) is 2.60. The summed E-state index contributed by atoms with van der Waals surface area (Å²) in [5.41, 5.74) is 2.14. The van der Waals surface area contributed by atoms with Crippen LogP contribution < -0.4 is 0 Å². The summed E-state index contributed by atoms with van der Waals surface area (Å²) >= 11 is 7.26. The van der Waals surface area contributed by atoms with Crippen LogP contribution in [0.4, 0.5) is 0 Å². The number of rotatable bonds is 2. The Morgan fingerprint density at radius 3 is 1.44 bits per heavy atom. The molecule has 0 unspecified atom stereocenters. The lowest BCUT2D eigenvalue weighted by Crippen LogP contribution is -1.88. The van der Waals surface area contributed by atoms with Gasteiger partial charge in [0, 0.05) is 8.95 Å². The molecule has 0 fully saturated rings. The van der Waals surface area contributed by atoms with Crippen LogP contribution in [0.1, 0.15) is 25.0 Å². The summed E-state index contributed by atoms with van der Waals surface area (Å²) in [6.45, 7) is 11.7. The molecule has 0 aliphatic heterocycles. The van der Waals surface area contributed by atoms with Crippen molar-refractivity contribution in [1.82, 2.24) is 0 Å². The molecule has 0 saturated heterocycles. The number of halogens is 2. The Kier molecular flexibility index (Phi) is 5.83. The Morgan fingerprint density at radius 2 is 1.17 bits per heavy atom. The summed E-state index contributed by atoms with van der Waals surface area (Å²) < 4.78 is 2.13. The van der Waals surface area contributed by atoms with Gasteiger partial charge in [0.1, 0.15) is 0 Å². The molecule has 18 heavy (non-hydrogen) atoms. The fraction of sp³-hybridized carbons (Fsp3) is 0.125. The molecule has 0 radical (unpaired) electrons. The minimum atomic E-state index is 1.07. The van der Waals surface area contributed by atoms with Gasteiger partial charge >= 0.3 is 0 Å². The second-order valence-electron chi connectivity index (χ2n) is 3.41. The highest BCUT2D eigenvalue weighted by molar-refractivity contribution is 9.11. The predicted octanol–water partition coefficient (Wildman–Crippen LogP) is 6.68. The maximum absolute atomic E-state index is 3.85. The second-order valence-corrected chi connectivity index (χ2v) is 5.00. The van der Waals surface area contributed by atoms with E-state index in [1.165, 1.54) is 10.8 Å². The highest BCUT2D eigenvalue weighted by atomic mass is 79.9. The van der Waals surface area contributed by atoms with E-state index >= 15 is 0 Å². The third-order valence-electron chi connectivity index (χ3n) is 2.57. The van der Waals surface area contributed by atoms with Gasteiger partial charge in [-0.15, -0.1) is 0 Å². The molecule has 0 bridgehead atoms. The molecular weight excluding hydrogens is 352 g/mol. The lowest BCUT2D eigenvalue weighted by molar-refractivity contribution is 1.50. The number of hydrogen-bond acceptors (Lipinski definition) is 0. The van der Waals surface area contributed by atoms with E-state index in [0.29, 0.717) is 0 Å². The smallest absolute Gasteiger partial charge is 0.0332 e. The molecule has 0 aromatic heterocycles. The molecule has 0 amide bonds. The van der Waals surface area contributed by atoms with Gasteiger partial charge in [0.05, 0.1) is 0 Å². The van der Waals surface area contributed by atoms with Crippen LogP contribution in [-0.4, -0.2) is 0 Å². The average molecular weight is 368 g/mol. The van der Waals surface area contributed by atoms with Crippen molar-refractivity contribution < 1.29 is 0 Å². The van der Waals surface area contributed by atoms with Gasteiger partial charge in [0.25, 0.3) is 0 Å². The van der Waals surface area contributed by atoms with Crippen LogP contribution in [0.2, 0.25) is 0 Å². The molecule has 0 heterocycles. The summed E-state index contributed by atoms with van der Waals surface area (Å²) in [7, 11) is 0. The summed E-state index contributed by atoms with van der Waals surface area (Å²) in [5.74, 6) is 0. The molecule has 0 spiro atoms. The largest absolute Gasteiger partial charge is 0.0984 e. The fourth-order valence-corrected chi connectivity index (χ4v) is 3.23. The molecule has 0 nitrogen and oxygen atoms in total. The molecule has 0 aliphatic carbocycles. The van der Waals surface area contributed by atoms with E-state index in [0.717, 1.165) is 20.1 Å². The molecule has 0 aliphatic rings. The van der Waals surface area contributed by atoms with E-state index in [-0.39, 0.29) is 0 Å². The normalized spacial score (nSPS) is 9.56. The SMILES string of the molecule is C=Cc1c(C=C)c(Br)c2ccccc2c1Br.CC. The molecule has 0 atom stereocenters. The first-order valence-corrected chi connectivity index (χ1v) is 7.44. The Balaban J connectivity index is 0.000000771. The molecule has 2 rings (SSSR count). The van der Waals surface area contributed by atoms with Gasteiger partial charge in [-0.2, -0.15) is 0 Å². The first-order valence-electron chi connectivity index (χ1n) is 5.85. The van der Waals surface area contributed by atoms with Crippen molar-refractivity contribution in [3.63, 3.8) is 0 Å². The van der Waals surface area contributed by atoms with Crippen molar-refractivity contribution in [2.45, 2.75) is 13.8 Å². The number of hydrogen-bond donors (Lipinski definition) is 0. The lowest BCUT2D eigenvalue weighted by Gasteiger charge is -2.12. The Labute approximate surface area is 126 Å². The van der Waals surface area contributed by atoms with Gasteiger partial charge in [-0.3, -0.25) is 0 Å². The molecule has 0 saturated carbocycles. The van der Waals surface area contributed by atoms with Gasteiger partial charge < -0.3 is 0 Å². The third-order valence-corrected chi connectivity index (χ3v) is 4.28. The van der Waals surface area contributed by atoms with E-state index < -0.39 is 0 Å². The van der Waals surface area contributed by atoms with E-state index in [4.69, 9.17) is 0 Å². The second kappa shape index (κ2) is 6.91. The zero-order valence-electron chi connectivity index (χ0n) is 10.6. The topological polar surface area (TPSA) is 0 Å². The van der Waals surface area contributed by atoms with Crippen molar-refractivity contribution in [2.24, 2.45) is 0 Å². The Hall–Kier alpha value is -0.860. The van der Waals surface area contributed by atoms with Crippen LogP contribution in [0.3, 0.4) is 0 Å². The summed E-state index contributed by atoms with van der Waals surface area (Å²) in [4.78, 5) is 0. The van der Waals surface area contributed by atoms with E-state index in [2.05, 4.69) is 57.2 Å². The maximum atomic E-state index is 3.85. The van der Waals surface area contributed by atoms with Crippen molar-refractivity contribution >= 4 is 54.8 Å². The van der Waals surface area contributed by atoms with Crippen LogP contribution in [-0.2, 0) is 0 Å². The predicted molar refractivity (Wildman–Crippen MR) is 90.9 cm³/mol. The van der Waals surface area contributed by atoms with E-state index in [9.17, 15) is 0 Å². The molecule has 94 valence electrons. The van der Waals surface area contributed by atoms with Crippen LogP contribution in [0.15, 0.2) is 46.4 Å². The van der Waals surface area contributed by atoms with Gasteiger partial charge in [-0.05, 0) is 53.8 Å². The first-order chi connectivity index (χ1) is 8.70. The number of fused-ring (bicyclic) bond motifs is 1. The van der Waals surface area contributed by atoms with Crippen LogP contribution in [0.25, 0.3) is 22.9 Å². The minimum absolute atomic E-state index is 1.07. The molecule has 2 aromatic carbocycles. The highest BCUT2D eigenvalue weighted by Crippen LogP contribution is 2.38. The quantitative estimate of drug-likeness (QED) is 0.555. The number of benzene rings is 2.